The molecule has 0 saturated carbocycles. The van der Waals surface area contributed by atoms with Crippen LogP contribution in [0.4, 0.5) is 5.69 Å². The van der Waals surface area contributed by atoms with Crippen LogP contribution in [0.1, 0.15) is 5.56 Å². The van der Waals surface area contributed by atoms with E-state index < -0.39 is 15.5 Å². The molecule has 1 heterocycles. The molecule has 1 unspecified atom stereocenters. The zero-order valence-corrected chi connectivity index (χ0v) is 10.2. The second kappa shape index (κ2) is 3.76. The number of hydrogen-bond donors (Lipinski definition) is 3. The Morgan fingerprint density at radius 3 is 2.75 bits per heavy atom. The Morgan fingerprint density at radius 2 is 2.12 bits per heavy atom. The highest BCUT2D eigenvalue weighted by Gasteiger charge is 2.27. The van der Waals surface area contributed by atoms with Crippen LogP contribution in [0.5, 0.6) is 0 Å². The van der Waals surface area contributed by atoms with Gasteiger partial charge in [-0.3, -0.25) is 4.55 Å². The van der Waals surface area contributed by atoms with Gasteiger partial charge in [0.2, 0.25) is 0 Å². The first-order chi connectivity index (χ1) is 7.38. The molecule has 0 spiro atoms. The van der Waals surface area contributed by atoms with E-state index in [9.17, 15) is 13.5 Å². The highest BCUT2D eigenvalue weighted by molar-refractivity contribution is 9.10. The van der Waals surface area contributed by atoms with Gasteiger partial charge < -0.3 is 10.4 Å². The maximum atomic E-state index is 10.9. The van der Waals surface area contributed by atoms with Crippen molar-refractivity contribution < 1.29 is 18.1 Å². The fourth-order valence-corrected chi connectivity index (χ4v) is 2.26. The third-order valence-corrected chi connectivity index (χ3v) is 3.41. The number of benzene rings is 1. The lowest BCUT2D eigenvalue weighted by molar-refractivity contribution is 0.472. The van der Waals surface area contributed by atoms with Crippen molar-refractivity contribution >= 4 is 37.5 Å². The molecule has 0 bridgehead atoms. The molecule has 7 heteroatoms. The van der Waals surface area contributed by atoms with E-state index in [-0.39, 0.29) is 5.76 Å². The third kappa shape index (κ3) is 2.06. The van der Waals surface area contributed by atoms with Gasteiger partial charge in [-0.1, -0.05) is 15.9 Å². The van der Waals surface area contributed by atoms with Crippen molar-refractivity contribution in [1.82, 2.24) is 0 Å². The first kappa shape index (κ1) is 11.4. The molecule has 16 heavy (non-hydrogen) atoms. The van der Waals surface area contributed by atoms with E-state index in [0.29, 0.717) is 11.3 Å². The Balaban J connectivity index is 2.51. The topological polar surface area (TPSA) is 86.6 Å². The Labute approximate surface area is 101 Å². The maximum absolute atomic E-state index is 10.9. The second-order valence-electron chi connectivity index (χ2n) is 3.22. The second-order valence-corrected chi connectivity index (χ2v) is 5.64. The fourth-order valence-electron chi connectivity index (χ4n) is 1.37. The predicted octanol–water partition coefficient (Wildman–Crippen LogP) is 1.79. The van der Waals surface area contributed by atoms with E-state index in [1.54, 1.807) is 18.2 Å². The van der Waals surface area contributed by atoms with E-state index in [0.717, 1.165) is 4.47 Å². The highest BCUT2D eigenvalue weighted by atomic mass is 79.9. The van der Waals surface area contributed by atoms with Gasteiger partial charge in [0.1, 0.15) is 5.76 Å². The average molecular weight is 305 g/mol. The Morgan fingerprint density at radius 1 is 1.44 bits per heavy atom. The van der Waals surface area contributed by atoms with Crippen LogP contribution >= 0.6 is 15.9 Å². The molecule has 1 radical (unpaired) electrons. The Kier molecular flexibility index (Phi) is 2.69. The lowest BCUT2D eigenvalue weighted by atomic mass is 10.1. The van der Waals surface area contributed by atoms with Gasteiger partial charge in [0.15, 0.2) is 5.37 Å². The summed E-state index contributed by atoms with van der Waals surface area (Å²) < 4.78 is 31.4. The van der Waals surface area contributed by atoms with Gasteiger partial charge in [-0.2, -0.15) is 8.42 Å². The van der Waals surface area contributed by atoms with Crippen LogP contribution in [0, 0.1) is 6.08 Å². The fraction of sp³-hybridized carbons (Fsp3) is 0.111. The number of aliphatic hydroxyl groups is 1. The number of aliphatic hydroxyl groups excluding tert-OH is 1. The summed E-state index contributed by atoms with van der Waals surface area (Å²) in [6.07, 6.45) is 2.24. The molecule has 1 aliphatic heterocycles. The molecule has 0 amide bonds. The number of hydrogen-bond acceptors (Lipinski definition) is 4. The molecule has 2 rings (SSSR count). The molecule has 1 atom stereocenters. The standard InChI is InChI=1S/C9H7BrNO4S/c10-5-1-2-7-6(3-5)8(12)4-9(11-7)16(13,14)15/h1-3,9,11-12H,(H,13,14,15). The van der Waals surface area contributed by atoms with Crippen LogP contribution in [0.3, 0.4) is 0 Å². The van der Waals surface area contributed by atoms with Gasteiger partial charge >= 0.3 is 0 Å². The number of rotatable bonds is 1. The van der Waals surface area contributed by atoms with Crippen molar-refractivity contribution in [3.63, 3.8) is 0 Å². The van der Waals surface area contributed by atoms with Gasteiger partial charge in [0.25, 0.3) is 10.1 Å². The predicted molar refractivity (Wildman–Crippen MR) is 62.4 cm³/mol. The maximum Gasteiger partial charge on any atom is 0.290 e. The molecule has 3 N–H and O–H groups in total. The van der Waals surface area contributed by atoms with Crippen molar-refractivity contribution in [2.75, 3.05) is 5.32 Å². The van der Waals surface area contributed by atoms with Crippen molar-refractivity contribution in [3.8, 4) is 0 Å². The Bertz CT molecular complexity index is 567. The largest absolute Gasteiger partial charge is 0.507 e. The quantitative estimate of drug-likeness (QED) is 0.689. The van der Waals surface area contributed by atoms with Crippen molar-refractivity contribution in [3.05, 3.63) is 34.3 Å². The molecule has 5 nitrogen and oxygen atoms in total. The van der Waals surface area contributed by atoms with Crippen LogP contribution in [-0.2, 0) is 10.1 Å². The summed E-state index contributed by atoms with van der Waals surface area (Å²) >= 11 is 3.22. The monoisotopic (exact) mass is 304 g/mol. The molecule has 0 saturated heterocycles. The molecule has 0 fully saturated rings. The zero-order valence-electron chi connectivity index (χ0n) is 7.81. The van der Waals surface area contributed by atoms with Gasteiger partial charge in [-0.05, 0) is 18.2 Å². The van der Waals surface area contributed by atoms with Gasteiger partial charge in [-0.15, -0.1) is 0 Å². The van der Waals surface area contributed by atoms with Crippen molar-refractivity contribution in [2.45, 2.75) is 5.37 Å². The summed E-state index contributed by atoms with van der Waals surface area (Å²) in [5, 5.41) is 10.7. The van der Waals surface area contributed by atoms with E-state index in [2.05, 4.69) is 27.3 Å². The first-order valence-corrected chi connectivity index (χ1v) is 6.53. The molecule has 1 aliphatic rings. The SMILES string of the molecule is O=S(=O)(O)C1[C]=C(O)c2cc(Br)ccc2N1. The molecular weight excluding hydrogens is 298 g/mol. The molecule has 0 aromatic heterocycles. The lowest BCUT2D eigenvalue weighted by Crippen LogP contribution is -2.30. The highest BCUT2D eigenvalue weighted by Crippen LogP contribution is 2.31. The van der Waals surface area contributed by atoms with E-state index in [4.69, 9.17) is 4.55 Å². The van der Waals surface area contributed by atoms with Crippen LogP contribution in [0.25, 0.3) is 5.76 Å². The van der Waals surface area contributed by atoms with Gasteiger partial charge in [0, 0.05) is 21.8 Å². The van der Waals surface area contributed by atoms with Crippen LogP contribution in [0.2, 0.25) is 0 Å². The number of nitrogens with one attached hydrogen (secondary N) is 1. The lowest BCUT2D eigenvalue weighted by Gasteiger charge is -2.21. The normalized spacial score (nSPS) is 19.6. The summed E-state index contributed by atoms with van der Waals surface area (Å²) in [6, 6.07) is 4.89. The summed E-state index contributed by atoms with van der Waals surface area (Å²) in [5.74, 6) is -0.308. The summed E-state index contributed by atoms with van der Waals surface area (Å²) in [4.78, 5) is 0. The summed E-state index contributed by atoms with van der Waals surface area (Å²) in [7, 11) is -4.33. The van der Waals surface area contributed by atoms with Crippen LogP contribution in [0.15, 0.2) is 22.7 Å². The Hall–Kier alpha value is -1.05. The first-order valence-electron chi connectivity index (χ1n) is 4.23. The van der Waals surface area contributed by atoms with Gasteiger partial charge in [0.05, 0.1) is 0 Å². The van der Waals surface area contributed by atoms with Crippen LogP contribution < -0.4 is 5.32 Å². The smallest absolute Gasteiger partial charge is 0.290 e. The molecule has 1 aromatic rings. The van der Waals surface area contributed by atoms with Crippen LogP contribution in [-0.4, -0.2) is 23.5 Å². The molecule has 85 valence electrons. The van der Waals surface area contributed by atoms with Gasteiger partial charge in [-0.25, -0.2) is 0 Å². The average Bonchev–Trinajstić information content (AvgIpc) is 2.17. The van der Waals surface area contributed by atoms with E-state index in [1.807, 2.05) is 0 Å². The number of anilines is 1. The number of fused-ring (bicyclic) bond motifs is 1. The molecule has 0 aliphatic carbocycles. The minimum absolute atomic E-state index is 0.308. The summed E-state index contributed by atoms with van der Waals surface area (Å²) in [5.41, 5.74) is 0.844. The zero-order chi connectivity index (χ0) is 11.9. The minimum Gasteiger partial charge on any atom is -0.507 e. The summed E-state index contributed by atoms with van der Waals surface area (Å²) in [6.45, 7) is 0. The molecule has 1 aromatic carbocycles. The molecular formula is C9H7BrNO4S. The number of halogens is 1. The van der Waals surface area contributed by atoms with Crippen molar-refractivity contribution in [1.29, 1.82) is 0 Å². The van der Waals surface area contributed by atoms with Crippen molar-refractivity contribution in [2.24, 2.45) is 0 Å². The van der Waals surface area contributed by atoms with E-state index >= 15 is 0 Å². The third-order valence-electron chi connectivity index (χ3n) is 2.09. The minimum atomic E-state index is -4.33. The van der Waals surface area contributed by atoms with E-state index in [1.165, 1.54) is 0 Å².